The van der Waals surface area contributed by atoms with Gasteiger partial charge in [-0.2, -0.15) is 13.2 Å². The van der Waals surface area contributed by atoms with E-state index in [1.807, 2.05) is 4.90 Å². The zero-order valence-electron chi connectivity index (χ0n) is 23.1. The number of nitrogens with zero attached hydrogens (tertiary/aromatic N) is 6. The van der Waals surface area contributed by atoms with Gasteiger partial charge in [-0.1, -0.05) is 25.4 Å². The molecular weight excluding hydrogens is 598 g/mol. The number of anilines is 1. The van der Waals surface area contributed by atoms with E-state index in [1.165, 1.54) is 17.0 Å². The number of amides is 2. The number of carbonyl (C=O) groups excluding carboxylic acids is 2. The summed E-state index contributed by atoms with van der Waals surface area (Å²) >= 11 is 5.35. The fraction of sp³-hybridized carbons (Fsp3) is 0.370. The van der Waals surface area contributed by atoms with E-state index in [0.29, 0.717) is 37.4 Å². The van der Waals surface area contributed by atoms with Crippen LogP contribution >= 0.6 is 11.6 Å². The fourth-order valence-corrected chi connectivity index (χ4v) is 3.96. The van der Waals surface area contributed by atoms with Crippen molar-refractivity contribution in [3.8, 4) is 0 Å². The quantitative estimate of drug-likeness (QED) is 0.370. The van der Waals surface area contributed by atoms with E-state index in [4.69, 9.17) is 16.7 Å². The molecule has 43 heavy (non-hydrogen) atoms. The lowest BCUT2D eigenvalue weighted by atomic mass is 10.0. The van der Waals surface area contributed by atoms with Crippen LogP contribution < -0.4 is 10.2 Å². The molecule has 1 aliphatic rings. The molecule has 0 radical (unpaired) electrons. The molecule has 16 heteroatoms. The SMILES string of the molecule is CC(C)CCNC(=O)c1ccc(N2CCN(C(=O)c3ccc(F)cc3C(F)(F)F)CC2)nn1.O=C(O)c1ccc(Cl)nn1. The maximum Gasteiger partial charge on any atom is 0.417 e. The normalized spacial score (nSPS) is 13.3. The number of carboxylic acids is 1. The molecule has 4 rings (SSSR count). The maximum atomic E-state index is 13.3. The first kappa shape index (κ1) is 33.1. The number of hydrogen-bond acceptors (Lipinski definition) is 8. The molecule has 2 N–H and O–H groups in total. The van der Waals surface area contributed by atoms with E-state index in [-0.39, 0.29) is 35.5 Å². The topological polar surface area (TPSA) is 142 Å². The largest absolute Gasteiger partial charge is 0.476 e. The summed E-state index contributed by atoms with van der Waals surface area (Å²) in [6.07, 6.45) is -3.99. The highest BCUT2D eigenvalue weighted by molar-refractivity contribution is 6.29. The monoisotopic (exact) mass is 625 g/mol. The second-order valence-corrected chi connectivity index (χ2v) is 10.1. The summed E-state index contributed by atoms with van der Waals surface area (Å²) in [4.78, 5) is 38.1. The summed E-state index contributed by atoms with van der Waals surface area (Å²) in [5.41, 5.74) is -1.79. The van der Waals surface area contributed by atoms with Crippen molar-refractivity contribution in [1.29, 1.82) is 0 Å². The second-order valence-electron chi connectivity index (χ2n) is 9.73. The fourth-order valence-electron chi connectivity index (χ4n) is 3.86. The molecule has 2 aromatic heterocycles. The molecule has 2 amide bonds. The van der Waals surface area contributed by atoms with Crippen molar-refractivity contribution in [2.45, 2.75) is 26.4 Å². The number of hydrogen-bond donors (Lipinski definition) is 2. The molecule has 0 saturated carbocycles. The van der Waals surface area contributed by atoms with E-state index >= 15 is 0 Å². The molecule has 3 heterocycles. The van der Waals surface area contributed by atoms with Crippen LogP contribution in [-0.4, -0.2) is 80.9 Å². The number of benzene rings is 1. The van der Waals surface area contributed by atoms with Gasteiger partial charge in [0.15, 0.2) is 22.4 Å². The summed E-state index contributed by atoms with van der Waals surface area (Å²) in [5, 5.41) is 26.0. The molecular formula is C27H28ClF4N7O4. The van der Waals surface area contributed by atoms with Gasteiger partial charge in [0, 0.05) is 32.7 Å². The van der Waals surface area contributed by atoms with Gasteiger partial charge in [-0.05, 0) is 54.8 Å². The number of carboxylic acid groups (broad SMARTS) is 1. The molecule has 11 nitrogen and oxygen atoms in total. The van der Waals surface area contributed by atoms with E-state index in [2.05, 4.69) is 39.6 Å². The van der Waals surface area contributed by atoms with Crippen LogP contribution in [0.4, 0.5) is 23.4 Å². The van der Waals surface area contributed by atoms with Gasteiger partial charge in [-0.3, -0.25) is 9.59 Å². The zero-order chi connectivity index (χ0) is 31.7. The maximum absolute atomic E-state index is 13.3. The van der Waals surface area contributed by atoms with Crippen LogP contribution in [-0.2, 0) is 6.18 Å². The molecule has 0 unspecified atom stereocenters. The zero-order valence-corrected chi connectivity index (χ0v) is 23.9. The number of halogens is 5. The minimum absolute atomic E-state index is 0.107. The van der Waals surface area contributed by atoms with E-state index in [9.17, 15) is 31.9 Å². The van der Waals surface area contributed by atoms with Crippen molar-refractivity contribution in [3.05, 3.63) is 75.9 Å². The number of carbonyl (C=O) groups is 3. The van der Waals surface area contributed by atoms with Crippen LogP contribution in [0, 0.1) is 11.7 Å². The Labute approximate surface area is 248 Å². The Morgan fingerprint density at radius 2 is 1.60 bits per heavy atom. The third kappa shape index (κ3) is 9.56. The second kappa shape index (κ2) is 14.7. The van der Waals surface area contributed by atoms with Gasteiger partial charge in [-0.25, -0.2) is 9.18 Å². The number of nitrogens with one attached hydrogen (secondary N) is 1. The van der Waals surface area contributed by atoms with Gasteiger partial charge in [0.2, 0.25) is 0 Å². The van der Waals surface area contributed by atoms with Crippen molar-refractivity contribution in [3.63, 3.8) is 0 Å². The predicted molar refractivity (Wildman–Crippen MR) is 147 cm³/mol. The molecule has 0 atom stereocenters. The van der Waals surface area contributed by atoms with Gasteiger partial charge in [0.25, 0.3) is 11.8 Å². The van der Waals surface area contributed by atoms with Gasteiger partial charge < -0.3 is 20.2 Å². The van der Waals surface area contributed by atoms with E-state index < -0.39 is 35.0 Å². The van der Waals surface area contributed by atoms with E-state index in [1.54, 1.807) is 12.1 Å². The number of alkyl halides is 3. The average molecular weight is 626 g/mol. The number of aromatic carboxylic acids is 1. The molecule has 3 aromatic rings. The highest BCUT2D eigenvalue weighted by Crippen LogP contribution is 2.33. The lowest BCUT2D eigenvalue weighted by Gasteiger charge is -2.35. The van der Waals surface area contributed by atoms with Crippen LogP contribution in [0.1, 0.15) is 57.2 Å². The summed E-state index contributed by atoms with van der Waals surface area (Å²) in [5.74, 6) is -2.32. The molecule has 1 aromatic carbocycles. The van der Waals surface area contributed by atoms with Crippen LogP contribution in [0.15, 0.2) is 42.5 Å². The first-order chi connectivity index (χ1) is 20.3. The van der Waals surface area contributed by atoms with Gasteiger partial charge >= 0.3 is 12.1 Å². The molecule has 0 spiro atoms. The number of rotatable bonds is 7. The Morgan fingerprint density at radius 1 is 0.953 bits per heavy atom. The van der Waals surface area contributed by atoms with E-state index in [0.717, 1.165) is 18.6 Å². The Morgan fingerprint density at radius 3 is 2.14 bits per heavy atom. The van der Waals surface area contributed by atoms with Crippen LogP contribution in [0.2, 0.25) is 5.15 Å². The third-order valence-corrected chi connectivity index (χ3v) is 6.35. The van der Waals surface area contributed by atoms with Gasteiger partial charge in [0.1, 0.15) is 5.82 Å². The molecule has 230 valence electrons. The van der Waals surface area contributed by atoms with Crippen LogP contribution in [0.25, 0.3) is 0 Å². The number of aromatic nitrogens is 4. The highest BCUT2D eigenvalue weighted by Gasteiger charge is 2.37. The van der Waals surface area contributed by atoms with Crippen molar-refractivity contribution < 1.29 is 37.1 Å². The Kier molecular flexibility index (Phi) is 11.3. The number of piperazine rings is 1. The molecule has 0 bridgehead atoms. The third-order valence-electron chi connectivity index (χ3n) is 6.15. The minimum atomic E-state index is -4.84. The van der Waals surface area contributed by atoms with Crippen molar-refractivity contribution >= 4 is 35.2 Å². The minimum Gasteiger partial charge on any atom is -0.476 e. The van der Waals surface area contributed by atoms with Crippen molar-refractivity contribution in [2.24, 2.45) is 5.92 Å². The molecule has 0 aliphatic carbocycles. The first-order valence-electron chi connectivity index (χ1n) is 13.0. The highest BCUT2D eigenvalue weighted by atomic mass is 35.5. The van der Waals surface area contributed by atoms with Crippen molar-refractivity contribution in [1.82, 2.24) is 30.6 Å². The Bertz CT molecular complexity index is 1420. The lowest BCUT2D eigenvalue weighted by Crippen LogP contribution is -2.49. The Balaban J connectivity index is 0.000000428. The predicted octanol–water partition coefficient (Wildman–Crippen LogP) is 4.20. The summed E-state index contributed by atoms with van der Waals surface area (Å²) in [6.45, 7) is 5.62. The summed E-state index contributed by atoms with van der Waals surface area (Å²) in [6, 6.07) is 7.90. The first-order valence-corrected chi connectivity index (χ1v) is 13.4. The Hall–Kier alpha value is -4.40. The van der Waals surface area contributed by atoms with Gasteiger partial charge in [-0.15, -0.1) is 20.4 Å². The lowest BCUT2D eigenvalue weighted by molar-refractivity contribution is -0.138. The van der Waals surface area contributed by atoms with Crippen LogP contribution in [0.3, 0.4) is 0 Å². The van der Waals surface area contributed by atoms with Gasteiger partial charge in [0.05, 0.1) is 11.1 Å². The van der Waals surface area contributed by atoms with Crippen LogP contribution in [0.5, 0.6) is 0 Å². The average Bonchev–Trinajstić information content (AvgIpc) is 2.97. The van der Waals surface area contributed by atoms with Crippen molar-refractivity contribution in [2.75, 3.05) is 37.6 Å². The molecule has 1 fully saturated rings. The standard InChI is InChI=1S/C22H25F4N5O2.C5H3ClN2O2/c1-14(2)7-8-27-20(32)18-5-6-19(29-28-18)30-9-11-31(12-10-30)21(33)16-4-3-15(23)13-17(16)22(24,25)26;6-4-2-1-3(5(9)10)7-8-4/h3-6,13-14H,7-12H2,1-2H3,(H,27,32);1-2H,(H,9,10). The smallest absolute Gasteiger partial charge is 0.417 e. The summed E-state index contributed by atoms with van der Waals surface area (Å²) < 4.78 is 53.1. The summed E-state index contributed by atoms with van der Waals surface area (Å²) in [7, 11) is 0. The molecule has 1 aliphatic heterocycles. The molecule has 1 saturated heterocycles.